The van der Waals surface area contributed by atoms with Crippen LogP contribution in [-0.2, 0) is 11.0 Å². The molecule has 1 fully saturated rings. The summed E-state index contributed by atoms with van der Waals surface area (Å²) in [5, 5.41) is 12.7. The fourth-order valence-corrected chi connectivity index (χ4v) is 4.41. The van der Waals surface area contributed by atoms with Crippen molar-refractivity contribution in [2.24, 2.45) is 0 Å². The Bertz CT molecular complexity index is 1570. The molecule has 1 aliphatic rings. The van der Waals surface area contributed by atoms with Crippen molar-refractivity contribution in [2.45, 2.75) is 12.3 Å². The molecule has 2 aromatic carbocycles. The lowest BCUT2D eigenvalue weighted by molar-refractivity contribution is -0.142. The molecule has 14 heteroatoms. The summed E-state index contributed by atoms with van der Waals surface area (Å²) in [6.07, 6.45) is -5.40. The van der Waals surface area contributed by atoms with Gasteiger partial charge in [0, 0.05) is 37.8 Å². The van der Waals surface area contributed by atoms with E-state index in [1.165, 1.54) is 35.4 Å². The second kappa shape index (κ2) is 11.6. The van der Waals surface area contributed by atoms with E-state index in [0.29, 0.717) is 25.0 Å². The molecule has 0 bridgehead atoms. The molecule has 1 unspecified atom stereocenters. The minimum absolute atomic E-state index is 0.105. The maximum atomic E-state index is 13.6. The van der Waals surface area contributed by atoms with Crippen LogP contribution in [0.2, 0.25) is 0 Å². The number of anilines is 2. The van der Waals surface area contributed by atoms with E-state index in [2.05, 4.69) is 15.3 Å². The Morgan fingerprint density at radius 2 is 1.62 bits per heavy atom. The number of aromatic nitrogens is 2. The van der Waals surface area contributed by atoms with Gasteiger partial charge in [0.25, 0.3) is 11.8 Å². The number of carbonyl (C=O) groups is 2. The SMILES string of the molecule is O=C(Nc1ccc(N2CCN(C(=O)C(O)c3cc(F)cc(F)c3)CC2)nc1)c1oc(-c2ccccc2)nc1C(F)(F)F. The average molecular weight is 588 g/mol. The third-order valence-corrected chi connectivity index (χ3v) is 6.48. The highest BCUT2D eigenvalue weighted by molar-refractivity contribution is 6.03. The number of alkyl halides is 3. The normalized spacial score (nSPS) is 14.5. The smallest absolute Gasteiger partial charge is 0.430 e. The summed E-state index contributed by atoms with van der Waals surface area (Å²) in [6.45, 7) is 0.987. The number of amides is 2. The van der Waals surface area contributed by atoms with Gasteiger partial charge in [0.2, 0.25) is 11.7 Å². The van der Waals surface area contributed by atoms with Crippen LogP contribution in [0, 0.1) is 11.6 Å². The van der Waals surface area contributed by atoms with E-state index >= 15 is 0 Å². The minimum atomic E-state index is -4.93. The van der Waals surface area contributed by atoms with Crippen molar-refractivity contribution in [1.29, 1.82) is 0 Å². The van der Waals surface area contributed by atoms with Crippen molar-refractivity contribution in [1.82, 2.24) is 14.9 Å². The van der Waals surface area contributed by atoms with Gasteiger partial charge in [0.15, 0.2) is 11.8 Å². The molecule has 42 heavy (non-hydrogen) atoms. The van der Waals surface area contributed by atoms with Gasteiger partial charge in [0.1, 0.15) is 17.5 Å². The Labute approximate surface area is 235 Å². The van der Waals surface area contributed by atoms with Crippen molar-refractivity contribution in [2.75, 3.05) is 36.4 Å². The molecule has 0 aliphatic carbocycles. The van der Waals surface area contributed by atoms with E-state index in [1.807, 2.05) is 4.90 Å². The summed E-state index contributed by atoms with van der Waals surface area (Å²) in [6, 6.07) is 13.3. The van der Waals surface area contributed by atoms with E-state index in [9.17, 15) is 36.6 Å². The highest BCUT2D eigenvalue weighted by Gasteiger charge is 2.41. The number of rotatable bonds is 6. The van der Waals surface area contributed by atoms with Crippen LogP contribution in [0.3, 0.4) is 0 Å². The first-order chi connectivity index (χ1) is 20.0. The van der Waals surface area contributed by atoms with Crippen LogP contribution in [0.1, 0.15) is 27.9 Å². The number of aliphatic hydroxyl groups is 1. The molecule has 1 saturated heterocycles. The van der Waals surface area contributed by atoms with Crippen LogP contribution in [0.5, 0.6) is 0 Å². The van der Waals surface area contributed by atoms with Crippen LogP contribution in [0.4, 0.5) is 33.5 Å². The Balaban J connectivity index is 1.22. The quantitative estimate of drug-likeness (QED) is 0.316. The highest BCUT2D eigenvalue weighted by Crippen LogP contribution is 2.35. The lowest BCUT2D eigenvalue weighted by Gasteiger charge is -2.36. The van der Waals surface area contributed by atoms with Crippen LogP contribution < -0.4 is 10.2 Å². The number of carbonyl (C=O) groups excluding carboxylic acids is 2. The highest BCUT2D eigenvalue weighted by atomic mass is 19.4. The number of hydrogen-bond donors (Lipinski definition) is 2. The maximum Gasteiger partial charge on any atom is 0.437 e. The summed E-state index contributed by atoms with van der Waals surface area (Å²) in [5.41, 5.74) is -1.27. The number of oxazole rings is 1. The van der Waals surface area contributed by atoms with E-state index in [0.717, 1.165) is 12.1 Å². The molecule has 4 aromatic rings. The number of nitrogens with zero attached hydrogens (tertiary/aromatic N) is 4. The van der Waals surface area contributed by atoms with Crippen molar-refractivity contribution >= 4 is 23.3 Å². The summed E-state index contributed by atoms with van der Waals surface area (Å²) in [4.78, 5) is 36.3. The second-order valence-electron chi connectivity index (χ2n) is 9.34. The van der Waals surface area contributed by atoms with Gasteiger partial charge in [-0.15, -0.1) is 0 Å². The first-order valence-corrected chi connectivity index (χ1v) is 12.6. The van der Waals surface area contributed by atoms with Crippen LogP contribution in [-0.4, -0.2) is 58.0 Å². The van der Waals surface area contributed by atoms with Gasteiger partial charge in [-0.25, -0.2) is 18.7 Å². The zero-order chi connectivity index (χ0) is 30.0. The number of pyridine rings is 1. The van der Waals surface area contributed by atoms with E-state index in [1.54, 1.807) is 18.2 Å². The summed E-state index contributed by atoms with van der Waals surface area (Å²) < 4.78 is 72.9. The fourth-order valence-electron chi connectivity index (χ4n) is 4.41. The Hall–Kier alpha value is -4.85. The molecule has 0 spiro atoms. The molecule has 218 valence electrons. The lowest BCUT2D eigenvalue weighted by atomic mass is 10.1. The largest absolute Gasteiger partial charge is 0.437 e. The van der Waals surface area contributed by atoms with Gasteiger partial charge in [-0.3, -0.25) is 9.59 Å². The van der Waals surface area contributed by atoms with Gasteiger partial charge in [-0.05, 0) is 42.0 Å². The fraction of sp³-hybridized carbons (Fsp3) is 0.214. The summed E-state index contributed by atoms with van der Waals surface area (Å²) >= 11 is 0. The minimum Gasteiger partial charge on any atom is -0.430 e. The molecule has 2 N–H and O–H groups in total. The third-order valence-electron chi connectivity index (χ3n) is 6.48. The Morgan fingerprint density at radius 3 is 2.21 bits per heavy atom. The molecule has 1 atom stereocenters. The molecular weight excluding hydrogens is 565 g/mol. The average Bonchev–Trinajstić information content (AvgIpc) is 3.44. The zero-order valence-electron chi connectivity index (χ0n) is 21.6. The number of nitrogens with one attached hydrogen (secondary N) is 1. The van der Waals surface area contributed by atoms with Crippen LogP contribution >= 0.6 is 0 Å². The summed E-state index contributed by atoms with van der Waals surface area (Å²) in [7, 11) is 0. The Morgan fingerprint density at radius 1 is 0.952 bits per heavy atom. The van der Waals surface area contributed by atoms with E-state index in [4.69, 9.17) is 4.42 Å². The predicted molar refractivity (Wildman–Crippen MR) is 139 cm³/mol. The number of aliphatic hydroxyl groups excluding tert-OH is 1. The maximum absolute atomic E-state index is 13.6. The predicted octanol–water partition coefficient (Wildman–Crippen LogP) is 4.67. The van der Waals surface area contributed by atoms with Crippen molar-refractivity contribution in [3.05, 3.63) is 95.5 Å². The molecular formula is C28H22F5N5O4. The van der Waals surface area contributed by atoms with Gasteiger partial charge >= 0.3 is 6.18 Å². The first-order valence-electron chi connectivity index (χ1n) is 12.6. The van der Waals surface area contributed by atoms with Crippen LogP contribution in [0.25, 0.3) is 11.5 Å². The molecule has 2 aromatic heterocycles. The van der Waals surface area contributed by atoms with E-state index in [-0.39, 0.29) is 35.8 Å². The lowest BCUT2D eigenvalue weighted by Crippen LogP contribution is -2.50. The van der Waals surface area contributed by atoms with Gasteiger partial charge in [-0.1, -0.05) is 18.2 Å². The van der Waals surface area contributed by atoms with Crippen LogP contribution in [0.15, 0.2) is 71.3 Å². The number of halogens is 5. The third kappa shape index (κ3) is 6.22. The molecule has 5 rings (SSSR count). The molecule has 3 heterocycles. The standard InChI is InChI=1S/C28H22F5N5O4/c29-18-12-17(13-19(30)14-18)22(39)27(41)38-10-8-37(9-11-38)21-7-6-20(15-34-21)35-25(40)23-24(28(31,32)33)36-26(42-23)16-4-2-1-3-5-16/h1-7,12-15,22,39H,8-11H2,(H,35,40). The van der Waals surface area contributed by atoms with Gasteiger partial charge < -0.3 is 24.6 Å². The number of hydrogen-bond acceptors (Lipinski definition) is 7. The van der Waals surface area contributed by atoms with E-state index < -0.39 is 47.2 Å². The van der Waals surface area contributed by atoms with Crippen molar-refractivity contribution in [3.8, 4) is 11.5 Å². The zero-order valence-corrected chi connectivity index (χ0v) is 21.6. The number of benzene rings is 2. The topological polar surface area (TPSA) is 112 Å². The van der Waals surface area contributed by atoms with Gasteiger partial charge in [0.05, 0.1) is 11.9 Å². The molecule has 9 nitrogen and oxygen atoms in total. The monoisotopic (exact) mass is 587 g/mol. The first kappa shape index (κ1) is 28.7. The Kier molecular flexibility index (Phi) is 7.89. The van der Waals surface area contributed by atoms with Gasteiger partial charge in [-0.2, -0.15) is 13.2 Å². The molecule has 0 saturated carbocycles. The molecule has 2 amide bonds. The number of piperazine rings is 1. The molecule has 0 radical (unpaired) electrons. The van der Waals surface area contributed by atoms with Crippen molar-refractivity contribution in [3.63, 3.8) is 0 Å². The van der Waals surface area contributed by atoms with Crippen molar-refractivity contribution < 1.29 is 41.1 Å². The second-order valence-corrected chi connectivity index (χ2v) is 9.34. The summed E-state index contributed by atoms with van der Waals surface area (Å²) in [5.74, 6) is -4.56. The molecule has 1 aliphatic heterocycles.